The second kappa shape index (κ2) is 11.0. The van der Waals surface area contributed by atoms with Crippen molar-refractivity contribution in [3.8, 4) is 11.4 Å². The van der Waals surface area contributed by atoms with Crippen LogP contribution in [0.1, 0.15) is 30.1 Å². The van der Waals surface area contributed by atoms with E-state index in [1.807, 2.05) is 24.3 Å². The van der Waals surface area contributed by atoms with Crippen LogP contribution in [0.3, 0.4) is 0 Å². The van der Waals surface area contributed by atoms with Gasteiger partial charge < -0.3 is 29.9 Å². The van der Waals surface area contributed by atoms with Gasteiger partial charge in [0.25, 0.3) is 0 Å². The van der Waals surface area contributed by atoms with Gasteiger partial charge in [-0.05, 0) is 68.3 Å². The van der Waals surface area contributed by atoms with Crippen LogP contribution in [0.25, 0.3) is 11.4 Å². The Kier molecular flexibility index (Phi) is 7.08. The maximum absolute atomic E-state index is 12.5. The number of rotatable bonds is 6. The van der Waals surface area contributed by atoms with Crippen molar-refractivity contribution in [1.29, 1.82) is 0 Å². The van der Waals surface area contributed by atoms with Crippen LogP contribution >= 0.6 is 0 Å². The van der Waals surface area contributed by atoms with E-state index >= 15 is 0 Å². The zero-order valence-corrected chi connectivity index (χ0v) is 21.8. The number of hydrogen-bond donors (Lipinski definition) is 2. The summed E-state index contributed by atoms with van der Waals surface area (Å²) in [5.41, 5.74) is 2.65. The molecule has 2 aromatic carbocycles. The lowest BCUT2D eigenvalue weighted by Gasteiger charge is -2.35. The van der Waals surface area contributed by atoms with E-state index in [1.165, 1.54) is 6.92 Å². The quantitative estimate of drug-likeness (QED) is 0.461. The molecule has 4 heterocycles. The Morgan fingerprint density at radius 1 is 0.795 bits per heavy atom. The number of fused-ring (bicyclic) bond motifs is 2. The molecule has 2 unspecified atom stereocenters. The normalized spacial score (nSPS) is 20.5. The van der Waals surface area contributed by atoms with Gasteiger partial charge in [0.15, 0.2) is 11.6 Å². The van der Waals surface area contributed by atoms with Crippen LogP contribution in [-0.4, -0.2) is 78.4 Å². The number of carbonyl (C=O) groups excluding carboxylic acids is 2. The van der Waals surface area contributed by atoms with E-state index in [1.54, 1.807) is 24.3 Å². The minimum Gasteiger partial charge on any atom is -0.378 e. The van der Waals surface area contributed by atoms with E-state index in [9.17, 15) is 9.59 Å². The number of benzene rings is 2. The molecule has 202 valence electrons. The van der Waals surface area contributed by atoms with Crippen LogP contribution in [0.5, 0.6) is 0 Å². The molecule has 0 aliphatic carbocycles. The molecule has 1 aromatic heterocycles. The first kappa shape index (κ1) is 25.2. The van der Waals surface area contributed by atoms with Crippen LogP contribution < -0.4 is 20.4 Å². The molecule has 3 aliphatic rings. The van der Waals surface area contributed by atoms with Gasteiger partial charge in [-0.15, -0.1) is 0 Å². The van der Waals surface area contributed by atoms with E-state index < -0.39 is 0 Å². The molecule has 11 nitrogen and oxygen atoms in total. The Morgan fingerprint density at radius 3 is 2.00 bits per heavy atom. The summed E-state index contributed by atoms with van der Waals surface area (Å²) in [6.45, 7) is 5.63. The Balaban J connectivity index is 1.21. The van der Waals surface area contributed by atoms with Crippen molar-refractivity contribution in [2.45, 2.75) is 31.8 Å². The second-order valence-corrected chi connectivity index (χ2v) is 9.98. The first-order valence-corrected chi connectivity index (χ1v) is 13.3. The van der Waals surface area contributed by atoms with Gasteiger partial charge in [0.05, 0.1) is 38.5 Å². The summed E-state index contributed by atoms with van der Waals surface area (Å²) < 4.78 is 11.3. The zero-order chi connectivity index (χ0) is 26.8. The number of hydrogen-bond acceptors (Lipinski definition) is 9. The molecule has 3 aromatic rings. The third-order valence-corrected chi connectivity index (χ3v) is 7.33. The molecule has 3 aliphatic heterocycles. The van der Waals surface area contributed by atoms with Gasteiger partial charge in [-0.2, -0.15) is 15.0 Å². The number of nitrogens with zero attached hydrogens (tertiary/aromatic N) is 5. The van der Waals surface area contributed by atoms with Gasteiger partial charge in [-0.3, -0.25) is 4.79 Å². The topological polar surface area (TPSA) is 122 Å². The molecule has 3 saturated heterocycles. The molecule has 0 radical (unpaired) electrons. The number of amides is 2. The summed E-state index contributed by atoms with van der Waals surface area (Å²) in [4.78, 5) is 43.0. The lowest BCUT2D eigenvalue weighted by atomic mass is 10.1. The third-order valence-electron chi connectivity index (χ3n) is 7.33. The standard InChI is InChI=1S/C28H31N7O4/c1-18(36)19-2-6-21(7-3-19)29-28(37)30-22-8-4-20(5-9-22)25-31-26(34-12-14-38-15-13-34)33-27(32-25)35-23-10-11-24(35)17-39-16-23/h2-9,23-24H,10-17H2,1H3,(H2,29,30,37). The van der Waals surface area contributed by atoms with Gasteiger partial charge in [-0.1, -0.05) is 0 Å². The molecular formula is C28H31N7O4. The lowest BCUT2D eigenvalue weighted by Crippen LogP contribution is -2.47. The maximum Gasteiger partial charge on any atom is 0.323 e. The summed E-state index contributed by atoms with van der Waals surface area (Å²) in [5, 5.41) is 5.62. The minimum atomic E-state index is -0.377. The summed E-state index contributed by atoms with van der Waals surface area (Å²) in [6.07, 6.45) is 2.14. The molecular weight excluding hydrogens is 498 g/mol. The van der Waals surface area contributed by atoms with E-state index in [-0.39, 0.29) is 23.9 Å². The fraction of sp³-hybridized carbons (Fsp3) is 0.393. The summed E-state index contributed by atoms with van der Waals surface area (Å²) in [7, 11) is 0. The van der Waals surface area contributed by atoms with Crippen molar-refractivity contribution < 1.29 is 19.1 Å². The van der Waals surface area contributed by atoms with Crippen molar-refractivity contribution in [2.75, 3.05) is 60.0 Å². The molecule has 6 rings (SSSR count). The first-order valence-electron chi connectivity index (χ1n) is 13.3. The Hall–Kier alpha value is -4.09. The number of morpholine rings is 2. The molecule has 0 saturated carbocycles. The lowest BCUT2D eigenvalue weighted by molar-refractivity contribution is 0.0897. The van der Waals surface area contributed by atoms with Crippen LogP contribution in [0.4, 0.5) is 28.1 Å². The minimum absolute atomic E-state index is 0.0224. The fourth-order valence-corrected chi connectivity index (χ4v) is 5.24. The molecule has 11 heteroatoms. The molecule has 2 amide bonds. The van der Waals surface area contributed by atoms with Crippen molar-refractivity contribution >= 4 is 35.1 Å². The van der Waals surface area contributed by atoms with Crippen LogP contribution in [0.15, 0.2) is 48.5 Å². The molecule has 2 bridgehead atoms. The van der Waals surface area contributed by atoms with Gasteiger partial charge in [0.2, 0.25) is 11.9 Å². The summed E-state index contributed by atoms with van der Waals surface area (Å²) in [6, 6.07) is 14.4. The number of aromatic nitrogens is 3. The highest BCUT2D eigenvalue weighted by molar-refractivity contribution is 6.00. The zero-order valence-electron chi connectivity index (χ0n) is 21.8. The number of anilines is 4. The molecule has 2 N–H and O–H groups in total. The fourth-order valence-electron chi connectivity index (χ4n) is 5.24. The highest BCUT2D eigenvalue weighted by atomic mass is 16.5. The number of nitrogens with one attached hydrogen (secondary N) is 2. The number of ketones is 1. The second-order valence-electron chi connectivity index (χ2n) is 9.98. The van der Waals surface area contributed by atoms with Crippen molar-refractivity contribution in [1.82, 2.24) is 15.0 Å². The van der Waals surface area contributed by atoms with Gasteiger partial charge in [-0.25, -0.2) is 4.79 Å². The highest BCUT2D eigenvalue weighted by Crippen LogP contribution is 2.34. The average Bonchev–Trinajstić information content (AvgIpc) is 3.22. The van der Waals surface area contributed by atoms with Crippen molar-refractivity contribution in [3.63, 3.8) is 0 Å². The monoisotopic (exact) mass is 529 g/mol. The Bertz CT molecular complexity index is 1330. The molecule has 3 fully saturated rings. The van der Waals surface area contributed by atoms with Crippen molar-refractivity contribution in [2.24, 2.45) is 0 Å². The predicted octanol–water partition coefficient (Wildman–Crippen LogP) is 3.59. The van der Waals surface area contributed by atoms with Crippen LogP contribution in [0, 0.1) is 0 Å². The van der Waals surface area contributed by atoms with Gasteiger partial charge in [0, 0.05) is 35.6 Å². The van der Waals surface area contributed by atoms with Gasteiger partial charge in [0.1, 0.15) is 0 Å². The maximum atomic E-state index is 12.5. The van der Waals surface area contributed by atoms with Crippen molar-refractivity contribution in [3.05, 3.63) is 54.1 Å². The predicted molar refractivity (Wildman–Crippen MR) is 147 cm³/mol. The van der Waals surface area contributed by atoms with E-state index in [2.05, 4.69) is 20.4 Å². The molecule has 2 atom stereocenters. The highest BCUT2D eigenvalue weighted by Gasteiger charge is 2.39. The largest absolute Gasteiger partial charge is 0.378 e. The van der Waals surface area contributed by atoms with E-state index in [0.717, 1.165) is 31.5 Å². The molecule has 0 spiro atoms. The van der Waals surface area contributed by atoms with Crippen LogP contribution in [-0.2, 0) is 9.47 Å². The van der Waals surface area contributed by atoms with E-state index in [0.29, 0.717) is 61.1 Å². The number of ether oxygens (including phenoxy) is 2. The van der Waals surface area contributed by atoms with Gasteiger partial charge >= 0.3 is 6.03 Å². The first-order chi connectivity index (χ1) is 19.0. The summed E-state index contributed by atoms with van der Waals surface area (Å²) in [5.74, 6) is 1.91. The third kappa shape index (κ3) is 5.55. The smallest absolute Gasteiger partial charge is 0.323 e. The SMILES string of the molecule is CC(=O)c1ccc(NC(=O)Nc2ccc(-c3nc(N4CCOCC4)nc(N4C5CCC4COC5)n3)cc2)cc1. The average molecular weight is 530 g/mol. The number of carbonyl (C=O) groups is 2. The number of Topliss-reactive ketones (excluding diaryl/α,β-unsaturated/α-hetero) is 1. The van der Waals surface area contributed by atoms with E-state index in [4.69, 9.17) is 24.4 Å². The Labute approximate surface area is 226 Å². The molecule has 39 heavy (non-hydrogen) atoms. The van der Waals surface area contributed by atoms with Crippen LogP contribution in [0.2, 0.25) is 0 Å². The Morgan fingerprint density at radius 2 is 1.38 bits per heavy atom. The number of urea groups is 1. The summed E-state index contributed by atoms with van der Waals surface area (Å²) >= 11 is 0.